The SMILES string of the molecule is CCNCc1ccc2ccn(Cc3ccno3)c2c1. The molecular formula is C15H17N3O. The van der Waals surface area contributed by atoms with Crippen LogP contribution in [0.25, 0.3) is 10.9 Å². The average Bonchev–Trinajstić information content (AvgIpc) is 3.07. The monoisotopic (exact) mass is 255 g/mol. The number of fused-ring (bicyclic) bond motifs is 1. The summed E-state index contributed by atoms with van der Waals surface area (Å²) in [5, 5.41) is 8.34. The van der Waals surface area contributed by atoms with E-state index in [1.165, 1.54) is 16.5 Å². The molecule has 2 heterocycles. The van der Waals surface area contributed by atoms with Crippen LogP contribution in [0.15, 0.2) is 47.2 Å². The molecule has 19 heavy (non-hydrogen) atoms. The molecule has 0 amide bonds. The van der Waals surface area contributed by atoms with Crippen molar-refractivity contribution in [3.05, 3.63) is 54.0 Å². The van der Waals surface area contributed by atoms with Crippen LogP contribution in [0.4, 0.5) is 0 Å². The predicted octanol–water partition coefficient (Wildman–Crippen LogP) is 2.79. The summed E-state index contributed by atoms with van der Waals surface area (Å²) < 4.78 is 7.35. The minimum atomic E-state index is 0.716. The molecule has 0 aliphatic rings. The molecule has 2 aromatic heterocycles. The van der Waals surface area contributed by atoms with Crippen LogP contribution in [0.5, 0.6) is 0 Å². The van der Waals surface area contributed by atoms with Crippen LogP contribution < -0.4 is 5.32 Å². The lowest BCUT2D eigenvalue weighted by Crippen LogP contribution is -2.11. The molecule has 4 nitrogen and oxygen atoms in total. The molecule has 0 saturated carbocycles. The van der Waals surface area contributed by atoms with E-state index in [2.05, 4.69) is 52.4 Å². The van der Waals surface area contributed by atoms with Crippen LogP contribution in [0.2, 0.25) is 0 Å². The molecule has 0 bridgehead atoms. The number of hydrogen-bond donors (Lipinski definition) is 1. The van der Waals surface area contributed by atoms with Gasteiger partial charge in [0.05, 0.1) is 12.7 Å². The minimum absolute atomic E-state index is 0.716. The number of nitrogens with one attached hydrogen (secondary N) is 1. The lowest BCUT2D eigenvalue weighted by atomic mass is 10.1. The van der Waals surface area contributed by atoms with Crippen molar-refractivity contribution in [2.24, 2.45) is 0 Å². The Morgan fingerprint density at radius 3 is 3.00 bits per heavy atom. The maximum atomic E-state index is 5.17. The van der Waals surface area contributed by atoms with Gasteiger partial charge in [-0.1, -0.05) is 24.2 Å². The highest BCUT2D eigenvalue weighted by atomic mass is 16.5. The van der Waals surface area contributed by atoms with Gasteiger partial charge in [0.15, 0.2) is 5.76 Å². The molecule has 0 fully saturated rings. The Labute approximate surface area is 112 Å². The second-order valence-electron chi connectivity index (χ2n) is 4.60. The predicted molar refractivity (Wildman–Crippen MR) is 74.9 cm³/mol. The van der Waals surface area contributed by atoms with Crippen LogP contribution in [-0.2, 0) is 13.1 Å². The highest BCUT2D eigenvalue weighted by molar-refractivity contribution is 5.80. The van der Waals surface area contributed by atoms with Gasteiger partial charge in [-0.25, -0.2) is 0 Å². The van der Waals surface area contributed by atoms with Gasteiger partial charge in [-0.15, -0.1) is 0 Å². The van der Waals surface area contributed by atoms with Gasteiger partial charge in [-0.3, -0.25) is 0 Å². The fourth-order valence-electron chi connectivity index (χ4n) is 2.24. The molecule has 3 aromatic rings. The van der Waals surface area contributed by atoms with Crippen molar-refractivity contribution in [2.45, 2.75) is 20.0 Å². The zero-order valence-electron chi connectivity index (χ0n) is 11.0. The van der Waals surface area contributed by atoms with Gasteiger partial charge in [-0.05, 0) is 29.6 Å². The molecule has 0 unspecified atom stereocenters. The van der Waals surface area contributed by atoms with Crippen molar-refractivity contribution in [3.8, 4) is 0 Å². The standard InChI is InChI=1S/C15H17N3O/c1-2-16-10-12-3-4-13-6-8-18(15(13)9-12)11-14-5-7-17-19-14/h3-9,16H,2,10-11H2,1H3. The van der Waals surface area contributed by atoms with E-state index >= 15 is 0 Å². The van der Waals surface area contributed by atoms with Crippen LogP contribution in [0.3, 0.4) is 0 Å². The van der Waals surface area contributed by atoms with Crippen LogP contribution >= 0.6 is 0 Å². The third kappa shape index (κ3) is 2.53. The highest BCUT2D eigenvalue weighted by Gasteiger charge is 2.05. The van der Waals surface area contributed by atoms with E-state index < -0.39 is 0 Å². The van der Waals surface area contributed by atoms with E-state index in [0.29, 0.717) is 6.54 Å². The van der Waals surface area contributed by atoms with E-state index in [1.807, 2.05) is 6.07 Å². The zero-order valence-corrected chi connectivity index (χ0v) is 11.0. The van der Waals surface area contributed by atoms with Crippen LogP contribution in [0.1, 0.15) is 18.2 Å². The summed E-state index contributed by atoms with van der Waals surface area (Å²) in [6.45, 7) is 4.72. The summed E-state index contributed by atoms with van der Waals surface area (Å²) in [4.78, 5) is 0. The second-order valence-corrected chi connectivity index (χ2v) is 4.60. The number of benzene rings is 1. The molecule has 0 aliphatic heterocycles. The van der Waals surface area contributed by atoms with Gasteiger partial charge < -0.3 is 14.4 Å². The maximum absolute atomic E-state index is 5.17. The molecule has 0 atom stereocenters. The first kappa shape index (κ1) is 12.0. The van der Waals surface area contributed by atoms with Gasteiger partial charge >= 0.3 is 0 Å². The Balaban J connectivity index is 1.91. The molecular weight excluding hydrogens is 238 g/mol. The summed E-state index contributed by atoms with van der Waals surface area (Å²) in [5.41, 5.74) is 2.53. The van der Waals surface area contributed by atoms with E-state index in [1.54, 1.807) is 6.20 Å². The topological polar surface area (TPSA) is 43.0 Å². The second kappa shape index (κ2) is 5.28. The van der Waals surface area contributed by atoms with E-state index in [4.69, 9.17) is 4.52 Å². The maximum Gasteiger partial charge on any atom is 0.156 e. The normalized spacial score (nSPS) is 11.2. The number of hydrogen-bond acceptors (Lipinski definition) is 3. The number of aromatic nitrogens is 2. The number of nitrogens with zero attached hydrogens (tertiary/aromatic N) is 2. The molecule has 98 valence electrons. The summed E-state index contributed by atoms with van der Waals surface area (Å²) in [5.74, 6) is 0.870. The Hall–Kier alpha value is -2.07. The Morgan fingerprint density at radius 1 is 1.26 bits per heavy atom. The first-order chi connectivity index (χ1) is 9.36. The summed E-state index contributed by atoms with van der Waals surface area (Å²) in [6, 6.07) is 10.6. The molecule has 3 rings (SSSR count). The molecule has 1 N–H and O–H groups in total. The fourth-order valence-corrected chi connectivity index (χ4v) is 2.24. The van der Waals surface area contributed by atoms with Crippen molar-refractivity contribution in [2.75, 3.05) is 6.54 Å². The first-order valence-electron chi connectivity index (χ1n) is 6.55. The molecule has 4 heteroatoms. The van der Waals surface area contributed by atoms with Crippen molar-refractivity contribution in [3.63, 3.8) is 0 Å². The van der Waals surface area contributed by atoms with Crippen molar-refractivity contribution in [1.82, 2.24) is 15.0 Å². The zero-order chi connectivity index (χ0) is 13.1. The average molecular weight is 255 g/mol. The minimum Gasteiger partial charge on any atom is -0.359 e. The van der Waals surface area contributed by atoms with Gasteiger partial charge in [0.2, 0.25) is 0 Å². The van der Waals surface area contributed by atoms with Crippen molar-refractivity contribution >= 4 is 10.9 Å². The number of rotatable bonds is 5. The van der Waals surface area contributed by atoms with Crippen LogP contribution in [-0.4, -0.2) is 16.3 Å². The third-order valence-corrected chi connectivity index (χ3v) is 3.23. The van der Waals surface area contributed by atoms with Gasteiger partial charge in [-0.2, -0.15) is 0 Å². The van der Waals surface area contributed by atoms with Gasteiger partial charge in [0, 0.05) is 24.3 Å². The molecule has 0 spiro atoms. The largest absolute Gasteiger partial charge is 0.359 e. The molecule has 1 aromatic carbocycles. The summed E-state index contributed by atoms with van der Waals surface area (Å²) >= 11 is 0. The van der Waals surface area contributed by atoms with Crippen LogP contribution in [0, 0.1) is 0 Å². The van der Waals surface area contributed by atoms with Gasteiger partial charge in [0.25, 0.3) is 0 Å². The fraction of sp³-hybridized carbons (Fsp3) is 0.267. The Morgan fingerprint density at radius 2 is 2.21 bits per heavy atom. The Kier molecular flexibility index (Phi) is 3.33. The highest BCUT2D eigenvalue weighted by Crippen LogP contribution is 2.19. The quantitative estimate of drug-likeness (QED) is 0.762. The lowest BCUT2D eigenvalue weighted by molar-refractivity contribution is 0.378. The molecule has 0 radical (unpaired) electrons. The lowest BCUT2D eigenvalue weighted by Gasteiger charge is -2.06. The van der Waals surface area contributed by atoms with Gasteiger partial charge in [0.1, 0.15) is 0 Å². The third-order valence-electron chi connectivity index (χ3n) is 3.23. The smallest absolute Gasteiger partial charge is 0.156 e. The summed E-state index contributed by atoms with van der Waals surface area (Å²) in [7, 11) is 0. The Bertz CT molecular complexity index is 655. The van der Waals surface area contributed by atoms with E-state index in [-0.39, 0.29) is 0 Å². The van der Waals surface area contributed by atoms with E-state index in [0.717, 1.165) is 18.8 Å². The summed E-state index contributed by atoms with van der Waals surface area (Å²) in [6.07, 6.45) is 3.77. The van der Waals surface area contributed by atoms with E-state index in [9.17, 15) is 0 Å². The van der Waals surface area contributed by atoms with Crippen molar-refractivity contribution in [1.29, 1.82) is 0 Å². The molecule has 0 aliphatic carbocycles. The first-order valence-corrected chi connectivity index (χ1v) is 6.55. The molecule has 0 saturated heterocycles. The van der Waals surface area contributed by atoms with Crippen molar-refractivity contribution < 1.29 is 4.52 Å².